The van der Waals surface area contributed by atoms with Gasteiger partial charge in [0, 0.05) is 33.1 Å². The highest BCUT2D eigenvalue weighted by Crippen LogP contribution is 2.17. The van der Waals surface area contributed by atoms with E-state index in [-0.39, 0.29) is 24.1 Å². The fourth-order valence-corrected chi connectivity index (χ4v) is 2.55. The second-order valence-corrected chi connectivity index (χ2v) is 5.27. The van der Waals surface area contributed by atoms with Crippen molar-refractivity contribution in [2.45, 2.75) is 18.7 Å². The summed E-state index contributed by atoms with van der Waals surface area (Å²) in [4.78, 5) is 26.7. The van der Waals surface area contributed by atoms with Gasteiger partial charge in [0.2, 0.25) is 17.7 Å². The fourth-order valence-electron chi connectivity index (χ4n) is 1.86. The SMILES string of the molecule is CC(=O)N1CCN(C(=O)CSc2nnc(CN)o2)CC1. The van der Waals surface area contributed by atoms with E-state index in [1.165, 1.54) is 18.7 Å². The van der Waals surface area contributed by atoms with E-state index < -0.39 is 0 Å². The molecule has 2 rings (SSSR count). The average Bonchev–Trinajstić information content (AvgIpc) is 2.93. The maximum absolute atomic E-state index is 12.0. The minimum Gasteiger partial charge on any atom is -0.415 e. The molecule has 2 heterocycles. The number of carbonyl (C=O) groups excluding carboxylic acids is 2. The summed E-state index contributed by atoms with van der Waals surface area (Å²) < 4.78 is 5.21. The highest BCUT2D eigenvalue weighted by atomic mass is 32.2. The molecule has 0 spiro atoms. The van der Waals surface area contributed by atoms with Crippen molar-refractivity contribution in [3.8, 4) is 0 Å². The third kappa shape index (κ3) is 3.70. The number of rotatable bonds is 4. The Balaban J connectivity index is 1.77. The largest absolute Gasteiger partial charge is 0.415 e. The minimum absolute atomic E-state index is 0.00528. The molecule has 1 aromatic rings. The van der Waals surface area contributed by atoms with Gasteiger partial charge >= 0.3 is 0 Å². The molecule has 0 aromatic carbocycles. The molecule has 0 bridgehead atoms. The first-order valence-corrected chi connectivity index (χ1v) is 7.27. The number of aromatic nitrogens is 2. The third-order valence-electron chi connectivity index (χ3n) is 3.02. The Kier molecular flexibility index (Phi) is 4.96. The Bertz CT molecular complexity index is 484. The smallest absolute Gasteiger partial charge is 0.277 e. The van der Waals surface area contributed by atoms with E-state index >= 15 is 0 Å². The number of carbonyl (C=O) groups is 2. The Labute approximate surface area is 120 Å². The molecule has 2 amide bonds. The van der Waals surface area contributed by atoms with Crippen molar-refractivity contribution < 1.29 is 14.0 Å². The highest BCUT2D eigenvalue weighted by Gasteiger charge is 2.22. The first-order valence-electron chi connectivity index (χ1n) is 6.28. The molecule has 1 saturated heterocycles. The molecule has 1 aromatic heterocycles. The number of nitrogens with zero attached hydrogens (tertiary/aromatic N) is 4. The third-order valence-corrected chi connectivity index (χ3v) is 3.82. The van der Waals surface area contributed by atoms with Gasteiger partial charge < -0.3 is 20.0 Å². The zero-order valence-electron chi connectivity index (χ0n) is 11.2. The monoisotopic (exact) mass is 299 g/mol. The lowest BCUT2D eigenvalue weighted by molar-refractivity contribution is -0.136. The van der Waals surface area contributed by atoms with Crippen LogP contribution in [0.1, 0.15) is 12.8 Å². The van der Waals surface area contributed by atoms with E-state index in [4.69, 9.17) is 10.2 Å². The number of nitrogens with two attached hydrogens (primary N) is 1. The predicted molar refractivity (Wildman–Crippen MR) is 71.7 cm³/mol. The number of amides is 2. The molecule has 0 atom stereocenters. The lowest BCUT2D eigenvalue weighted by atomic mass is 10.3. The summed E-state index contributed by atoms with van der Waals surface area (Å²) in [5.41, 5.74) is 5.36. The van der Waals surface area contributed by atoms with Gasteiger partial charge in [-0.2, -0.15) is 0 Å². The van der Waals surface area contributed by atoms with Gasteiger partial charge in [-0.15, -0.1) is 10.2 Å². The first kappa shape index (κ1) is 14.8. The van der Waals surface area contributed by atoms with Crippen molar-refractivity contribution in [2.24, 2.45) is 5.73 Å². The molecule has 0 unspecified atom stereocenters. The summed E-state index contributed by atoms with van der Waals surface area (Å²) in [5, 5.41) is 7.85. The van der Waals surface area contributed by atoms with Gasteiger partial charge in [-0.3, -0.25) is 9.59 Å². The molecule has 1 aliphatic heterocycles. The van der Waals surface area contributed by atoms with Crippen LogP contribution in [-0.4, -0.2) is 63.7 Å². The summed E-state index contributed by atoms with van der Waals surface area (Å²) in [6.45, 7) is 4.04. The van der Waals surface area contributed by atoms with E-state index in [1.807, 2.05) is 0 Å². The highest BCUT2D eigenvalue weighted by molar-refractivity contribution is 7.99. The summed E-state index contributed by atoms with van der Waals surface area (Å²) >= 11 is 1.20. The zero-order valence-corrected chi connectivity index (χ0v) is 12.1. The Hall–Kier alpha value is -1.61. The van der Waals surface area contributed by atoms with Crippen molar-refractivity contribution in [2.75, 3.05) is 31.9 Å². The van der Waals surface area contributed by atoms with Crippen LogP contribution in [-0.2, 0) is 16.1 Å². The lowest BCUT2D eigenvalue weighted by Crippen LogP contribution is -2.50. The van der Waals surface area contributed by atoms with Gasteiger partial charge in [0.05, 0.1) is 12.3 Å². The van der Waals surface area contributed by atoms with Crippen molar-refractivity contribution in [3.05, 3.63) is 5.89 Å². The first-order chi connectivity index (χ1) is 9.60. The molecular weight excluding hydrogens is 282 g/mol. The molecule has 0 radical (unpaired) electrons. The van der Waals surface area contributed by atoms with Crippen LogP contribution in [0.3, 0.4) is 0 Å². The second kappa shape index (κ2) is 6.71. The van der Waals surface area contributed by atoms with Crippen LogP contribution in [0.4, 0.5) is 0 Å². The summed E-state index contributed by atoms with van der Waals surface area (Å²) in [5.74, 6) is 0.652. The van der Waals surface area contributed by atoms with Crippen LogP contribution in [0.2, 0.25) is 0 Å². The van der Waals surface area contributed by atoms with E-state index in [0.29, 0.717) is 37.3 Å². The Morgan fingerprint density at radius 2 is 1.90 bits per heavy atom. The maximum Gasteiger partial charge on any atom is 0.277 e. The topological polar surface area (TPSA) is 106 Å². The van der Waals surface area contributed by atoms with Crippen molar-refractivity contribution in [1.29, 1.82) is 0 Å². The van der Waals surface area contributed by atoms with Crippen LogP contribution < -0.4 is 5.73 Å². The van der Waals surface area contributed by atoms with Gasteiger partial charge in [0.25, 0.3) is 5.22 Å². The maximum atomic E-state index is 12.0. The normalized spacial score (nSPS) is 15.5. The Morgan fingerprint density at radius 1 is 1.25 bits per heavy atom. The zero-order chi connectivity index (χ0) is 14.5. The van der Waals surface area contributed by atoms with Crippen molar-refractivity contribution in [3.63, 3.8) is 0 Å². The molecule has 1 fully saturated rings. The van der Waals surface area contributed by atoms with Gasteiger partial charge in [-0.25, -0.2) is 0 Å². The summed E-state index contributed by atoms with van der Waals surface area (Å²) in [6, 6.07) is 0. The molecule has 1 aliphatic rings. The predicted octanol–water partition coefficient (Wildman–Crippen LogP) is -0.689. The van der Waals surface area contributed by atoms with Crippen molar-refractivity contribution >= 4 is 23.6 Å². The van der Waals surface area contributed by atoms with Crippen LogP contribution in [0, 0.1) is 0 Å². The molecule has 0 saturated carbocycles. The van der Waals surface area contributed by atoms with E-state index in [0.717, 1.165) is 0 Å². The molecule has 9 heteroatoms. The summed E-state index contributed by atoms with van der Waals surface area (Å²) in [7, 11) is 0. The molecule has 8 nitrogen and oxygen atoms in total. The van der Waals surface area contributed by atoms with Crippen molar-refractivity contribution in [1.82, 2.24) is 20.0 Å². The molecule has 0 aliphatic carbocycles. The molecule has 110 valence electrons. The van der Waals surface area contributed by atoms with Crippen LogP contribution in [0.5, 0.6) is 0 Å². The van der Waals surface area contributed by atoms with E-state index in [2.05, 4.69) is 10.2 Å². The molecular formula is C11H17N5O3S. The summed E-state index contributed by atoms with van der Waals surface area (Å²) in [6.07, 6.45) is 0. The fraction of sp³-hybridized carbons (Fsp3) is 0.636. The van der Waals surface area contributed by atoms with Crippen LogP contribution in [0.25, 0.3) is 0 Å². The van der Waals surface area contributed by atoms with E-state index in [1.54, 1.807) is 9.80 Å². The average molecular weight is 299 g/mol. The number of hydrogen-bond donors (Lipinski definition) is 1. The quantitative estimate of drug-likeness (QED) is 0.734. The van der Waals surface area contributed by atoms with Crippen LogP contribution in [0.15, 0.2) is 9.64 Å². The molecule has 2 N–H and O–H groups in total. The number of piperazine rings is 1. The van der Waals surface area contributed by atoms with Crippen LogP contribution >= 0.6 is 11.8 Å². The van der Waals surface area contributed by atoms with E-state index in [9.17, 15) is 9.59 Å². The lowest BCUT2D eigenvalue weighted by Gasteiger charge is -2.34. The van der Waals surface area contributed by atoms with Gasteiger partial charge in [-0.1, -0.05) is 11.8 Å². The minimum atomic E-state index is 0.00528. The standard InChI is InChI=1S/C11H17N5O3S/c1-8(17)15-2-4-16(5-3-15)10(18)7-20-11-14-13-9(6-12)19-11/h2-7,12H2,1H3. The Morgan fingerprint density at radius 3 is 2.45 bits per heavy atom. The van der Waals surface area contributed by atoms with Gasteiger partial charge in [0.1, 0.15) is 0 Å². The number of thioether (sulfide) groups is 1. The second-order valence-electron chi connectivity index (χ2n) is 4.34. The number of hydrogen-bond acceptors (Lipinski definition) is 7. The van der Waals surface area contributed by atoms with Gasteiger partial charge in [0.15, 0.2) is 0 Å². The van der Waals surface area contributed by atoms with Gasteiger partial charge in [-0.05, 0) is 0 Å². The molecule has 20 heavy (non-hydrogen) atoms.